The summed E-state index contributed by atoms with van der Waals surface area (Å²) in [4.78, 5) is 14.5. The summed E-state index contributed by atoms with van der Waals surface area (Å²) in [5.41, 5.74) is 4.54. The van der Waals surface area contributed by atoms with Crippen molar-refractivity contribution in [3.8, 4) is 5.75 Å². The largest absolute Gasteiger partial charge is 0.497 e. The Morgan fingerprint density at radius 2 is 1.83 bits per heavy atom. The van der Waals surface area contributed by atoms with Crippen molar-refractivity contribution in [3.05, 3.63) is 52.5 Å². The molecule has 2 aromatic rings. The maximum absolute atomic E-state index is 12.6. The minimum atomic E-state index is -3.71. The first kappa shape index (κ1) is 23.7. The maximum Gasteiger partial charge on any atom is 0.263 e. The van der Waals surface area contributed by atoms with Gasteiger partial charge in [0.1, 0.15) is 11.8 Å². The predicted molar refractivity (Wildman–Crippen MR) is 124 cm³/mol. The molecule has 0 fully saturated rings. The van der Waals surface area contributed by atoms with Crippen LogP contribution in [0.2, 0.25) is 0 Å². The van der Waals surface area contributed by atoms with Crippen molar-refractivity contribution in [3.63, 3.8) is 0 Å². The van der Waals surface area contributed by atoms with Crippen LogP contribution in [0.4, 0.5) is 11.4 Å². The van der Waals surface area contributed by atoms with Gasteiger partial charge in [-0.25, -0.2) is 13.8 Å². The molecule has 0 heterocycles. The van der Waals surface area contributed by atoms with Crippen LogP contribution in [0.1, 0.15) is 12.5 Å². The maximum atomic E-state index is 12.6. The van der Waals surface area contributed by atoms with Crippen molar-refractivity contribution in [1.82, 2.24) is 5.43 Å². The molecule has 0 aliphatic heterocycles. The van der Waals surface area contributed by atoms with Gasteiger partial charge in [-0.1, -0.05) is 6.07 Å². The molecule has 162 valence electrons. The Morgan fingerprint density at radius 1 is 1.20 bits per heavy atom. The van der Waals surface area contributed by atoms with Crippen molar-refractivity contribution >= 4 is 49.4 Å². The summed E-state index contributed by atoms with van der Waals surface area (Å²) in [6.45, 7) is 1.50. The van der Waals surface area contributed by atoms with Crippen molar-refractivity contribution in [1.29, 1.82) is 0 Å². The van der Waals surface area contributed by atoms with E-state index in [0.29, 0.717) is 11.4 Å². The van der Waals surface area contributed by atoms with Crippen molar-refractivity contribution < 1.29 is 17.9 Å². The van der Waals surface area contributed by atoms with Gasteiger partial charge in [-0.05, 0) is 64.8 Å². The zero-order valence-electron chi connectivity index (χ0n) is 17.5. The van der Waals surface area contributed by atoms with Gasteiger partial charge in [-0.15, -0.1) is 0 Å². The van der Waals surface area contributed by atoms with E-state index in [4.69, 9.17) is 4.74 Å². The monoisotopic (exact) mass is 496 g/mol. The summed E-state index contributed by atoms with van der Waals surface area (Å²) in [6.07, 6.45) is 2.54. The number of anilines is 2. The van der Waals surface area contributed by atoms with E-state index in [1.807, 2.05) is 37.2 Å². The molecule has 0 aromatic heterocycles. The molecular formula is C20H25BrN4O4S. The van der Waals surface area contributed by atoms with Crippen molar-refractivity contribution in [2.45, 2.75) is 13.0 Å². The Labute approximate surface area is 185 Å². The number of rotatable bonds is 8. The molecule has 0 radical (unpaired) electrons. The number of hydrogen-bond donors (Lipinski definition) is 1. The molecule has 0 aliphatic carbocycles. The van der Waals surface area contributed by atoms with Gasteiger partial charge in [-0.2, -0.15) is 5.10 Å². The van der Waals surface area contributed by atoms with Gasteiger partial charge < -0.3 is 9.64 Å². The molecule has 1 unspecified atom stereocenters. The fourth-order valence-electron chi connectivity index (χ4n) is 2.77. The molecule has 0 spiro atoms. The second kappa shape index (κ2) is 9.94. The second-order valence-corrected chi connectivity index (χ2v) is 9.49. The molecule has 1 N–H and O–H groups in total. The number of amides is 1. The van der Waals surface area contributed by atoms with E-state index >= 15 is 0 Å². The fraction of sp³-hybridized carbons (Fsp3) is 0.300. The second-order valence-electron chi connectivity index (χ2n) is 6.77. The molecule has 1 atom stereocenters. The number of sulfonamides is 1. The number of nitrogens with one attached hydrogen (secondary N) is 1. The summed E-state index contributed by atoms with van der Waals surface area (Å²) in [5, 5.41) is 3.96. The van der Waals surface area contributed by atoms with E-state index in [1.165, 1.54) is 20.2 Å². The normalized spacial score (nSPS) is 12.5. The van der Waals surface area contributed by atoms with Gasteiger partial charge in [-0.3, -0.25) is 9.10 Å². The highest BCUT2D eigenvalue weighted by molar-refractivity contribution is 9.10. The molecular weight excluding hydrogens is 472 g/mol. The molecule has 0 saturated carbocycles. The van der Waals surface area contributed by atoms with E-state index in [-0.39, 0.29) is 0 Å². The summed E-state index contributed by atoms with van der Waals surface area (Å²) in [6, 6.07) is 11.1. The minimum Gasteiger partial charge on any atom is -0.497 e. The Kier molecular flexibility index (Phi) is 7.85. The van der Waals surface area contributed by atoms with Crippen LogP contribution >= 0.6 is 15.9 Å². The summed E-state index contributed by atoms with van der Waals surface area (Å²) >= 11 is 3.50. The number of carbonyl (C=O) groups excluding carboxylic acids is 1. The first-order valence-electron chi connectivity index (χ1n) is 8.98. The van der Waals surface area contributed by atoms with Crippen LogP contribution in [-0.4, -0.2) is 54.0 Å². The zero-order chi connectivity index (χ0) is 22.5. The fourth-order valence-corrected chi connectivity index (χ4v) is 4.69. The molecule has 2 aromatic carbocycles. The Bertz CT molecular complexity index is 1020. The Morgan fingerprint density at radius 3 is 2.33 bits per heavy atom. The number of methoxy groups -OCH3 is 1. The van der Waals surface area contributed by atoms with E-state index in [9.17, 15) is 13.2 Å². The van der Waals surface area contributed by atoms with Crippen LogP contribution in [0.3, 0.4) is 0 Å². The van der Waals surface area contributed by atoms with Crippen molar-refractivity contribution in [2.24, 2.45) is 5.10 Å². The first-order valence-corrected chi connectivity index (χ1v) is 11.6. The first-order chi connectivity index (χ1) is 14.0. The lowest BCUT2D eigenvalue weighted by atomic mass is 10.2. The molecule has 2 rings (SSSR count). The van der Waals surface area contributed by atoms with Crippen LogP contribution in [-0.2, 0) is 14.8 Å². The van der Waals surface area contributed by atoms with E-state index < -0.39 is 22.0 Å². The van der Waals surface area contributed by atoms with Gasteiger partial charge in [0.05, 0.1) is 31.0 Å². The average molecular weight is 497 g/mol. The number of hydrogen-bond acceptors (Lipinski definition) is 6. The van der Waals surface area contributed by atoms with Crippen LogP contribution < -0.4 is 19.4 Å². The molecule has 30 heavy (non-hydrogen) atoms. The highest BCUT2D eigenvalue weighted by Crippen LogP contribution is 2.25. The third-order valence-corrected chi connectivity index (χ3v) is 6.13. The topological polar surface area (TPSA) is 91.3 Å². The number of halogens is 1. The van der Waals surface area contributed by atoms with Crippen molar-refractivity contribution in [2.75, 3.05) is 36.7 Å². The number of hydrazone groups is 1. The third-order valence-electron chi connectivity index (χ3n) is 4.26. The quantitative estimate of drug-likeness (QED) is 0.448. The highest BCUT2D eigenvalue weighted by atomic mass is 79.9. The van der Waals surface area contributed by atoms with Gasteiger partial charge >= 0.3 is 0 Å². The van der Waals surface area contributed by atoms with Gasteiger partial charge in [0, 0.05) is 18.6 Å². The lowest BCUT2D eigenvalue weighted by Gasteiger charge is -2.27. The number of ether oxygens (including phenoxy) is 1. The number of benzene rings is 2. The van der Waals surface area contributed by atoms with Gasteiger partial charge in [0.25, 0.3) is 5.91 Å². The lowest BCUT2D eigenvalue weighted by molar-refractivity contribution is -0.121. The smallest absolute Gasteiger partial charge is 0.263 e. The molecule has 1 amide bonds. The molecule has 0 saturated heterocycles. The van der Waals surface area contributed by atoms with Gasteiger partial charge in [0.15, 0.2) is 0 Å². The lowest BCUT2D eigenvalue weighted by Crippen LogP contribution is -2.46. The SMILES string of the molecule is COc1ccc(N(C(C)C(=O)NN=Cc2ccc(N(C)C)c(Br)c2)S(C)(=O)=O)cc1. The van der Waals surface area contributed by atoms with Crippen LogP contribution in [0.5, 0.6) is 5.75 Å². The molecule has 0 aliphatic rings. The van der Waals surface area contributed by atoms with E-state index in [1.54, 1.807) is 24.3 Å². The summed E-state index contributed by atoms with van der Waals surface area (Å²) < 4.78 is 31.7. The summed E-state index contributed by atoms with van der Waals surface area (Å²) in [7, 11) is 1.68. The van der Waals surface area contributed by atoms with Gasteiger partial charge in [0.2, 0.25) is 10.0 Å². The predicted octanol–water partition coefficient (Wildman–Crippen LogP) is 2.83. The van der Waals surface area contributed by atoms with E-state index in [2.05, 4.69) is 26.5 Å². The number of carbonyl (C=O) groups is 1. The average Bonchev–Trinajstić information content (AvgIpc) is 2.67. The third kappa shape index (κ3) is 5.96. The molecule has 0 bridgehead atoms. The van der Waals surface area contributed by atoms with Crippen LogP contribution in [0.25, 0.3) is 0 Å². The van der Waals surface area contributed by atoms with E-state index in [0.717, 1.165) is 26.3 Å². The summed E-state index contributed by atoms with van der Waals surface area (Å²) in [5.74, 6) is 0.0248. The minimum absolute atomic E-state index is 0.355. The standard InChI is InChI=1S/C20H25BrN4O4S/c1-14(25(30(5,27)28)16-7-9-17(29-4)10-8-16)20(26)23-22-13-15-6-11-19(24(2)3)18(21)12-15/h6-14H,1-5H3,(H,23,26). The van der Waals surface area contributed by atoms with Crippen LogP contribution in [0.15, 0.2) is 52.0 Å². The molecule has 10 heteroatoms. The molecule has 8 nitrogen and oxygen atoms in total. The zero-order valence-corrected chi connectivity index (χ0v) is 19.9. The number of nitrogens with zero attached hydrogens (tertiary/aromatic N) is 3. The Balaban J connectivity index is 2.15. The van der Waals surface area contributed by atoms with Crippen LogP contribution in [0, 0.1) is 0 Å². The highest BCUT2D eigenvalue weighted by Gasteiger charge is 2.29. The Hall–Kier alpha value is -2.59.